The van der Waals surface area contributed by atoms with Crippen LogP contribution in [0.15, 0.2) is 231 Å². The molecule has 0 bridgehead atoms. The Morgan fingerprint density at radius 1 is 0.250 bits per heavy atom. The van der Waals surface area contributed by atoms with Gasteiger partial charge in [0.15, 0.2) is 11.6 Å². The SMILES string of the molecule is c1ccc(-c2cccc(-c3nc(-c4cccc(-c5ccccc5-c5ccccc5-c5nc(-c6cccc(-c7ccccc7)c6)c6c(n5)sc5ccccc56)c4)nc4sc5ccccc5c34)c2)cc1. The molecule has 0 unspecified atom stereocenters. The molecule has 0 saturated heterocycles. The minimum Gasteiger partial charge on any atom is -0.227 e. The predicted octanol–water partition coefficient (Wildman–Crippen LogP) is 17.3. The number of nitrogens with zero attached hydrogens (tertiary/aromatic N) is 4. The average Bonchev–Trinajstić information content (AvgIpc) is 3.99. The second-order valence-electron chi connectivity index (χ2n) is 16.9. The summed E-state index contributed by atoms with van der Waals surface area (Å²) in [5.41, 5.74) is 14.8. The van der Waals surface area contributed by atoms with Crippen molar-refractivity contribution in [2.24, 2.45) is 0 Å². The highest BCUT2D eigenvalue weighted by atomic mass is 32.1. The largest absolute Gasteiger partial charge is 0.227 e. The van der Waals surface area contributed by atoms with E-state index in [9.17, 15) is 0 Å². The van der Waals surface area contributed by atoms with Crippen LogP contribution in [-0.4, -0.2) is 19.9 Å². The monoisotopic (exact) mass is 902 g/mol. The van der Waals surface area contributed by atoms with Gasteiger partial charge in [0.25, 0.3) is 0 Å². The van der Waals surface area contributed by atoms with Gasteiger partial charge in [0.1, 0.15) is 9.66 Å². The molecule has 0 spiro atoms. The molecule has 4 nitrogen and oxygen atoms in total. The van der Waals surface area contributed by atoms with Crippen molar-refractivity contribution >= 4 is 63.3 Å². The van der Waals surface area contributed by atoms with E-state index in [0.29, 0.717) is 11.6 Å². The van der Waals surface area contributed by atoms with Crippen molar-refractivity contribution in [3.05, 3.63) is 231 Å². The number of aromatic nitrogens is 4. The number of benzene rings is 9. The number of hydrogen-bond acceptors (Lipinski definition) is 6. The van der Waals surface area contributed by atoms with Crippen LogP contribution in [0, 0.1) is 0 Å². The molecule has 68 heavy (non-hydrogen) atoms. The van der Waals surface area contributed by atoms with Gasteiger partial charge in [-0.2, -0.15) is 0 Å². The van der Waals surface area contributed by atoms with E-state index in [1.165, 1.54) is 31.3 Å². The van der Waals surface area contributed by atoms with Gasteiger partial charge >= 0.3 is 0 Å². The fourth-order valence-corrected chi connectivity index (χ4v) is 11.7. The van der Waals surface area contributed by atoms with Crippen molar-refractivity contribution in [2.45, 2.75) is 0 Å². The summed E-state index contributed by atoms with van der Waals surface area (Å²) in [4.78, 5) is 23.6. The number of thiophene rings is 2. The second-order valence-corrected chi connectivity index (χ2v) is 19.0. The average molecular weight is 903 g/mol. The zero-order valence-electron chi connectivity index (χ0n) is 36.5. The normalized spacial score (nSPS) is 11.5. The molecular weight excluding hydrogens is 865 g/mol. The van der Waals surface area contributed by atoms with E-state index in [2.05, 4.69) is 231 Å². The summed E-state index contributed by atoms with van der Waals surface area (Å²) in [5, 5.41) is 4.50. The molecule has 0 radical (unpaired) electrons. The van der Waals surface area contributed by atoms with Gasteiger partial charge in [0, 0.05) is 53.2 Å². The van der Waals surface area contributed by atoms with Gasteiger partial charge in [-0.25, -0.2) is 19.9 Å². The topological polar surface area (TPSA) is 51.6 Å². The van der Waals surface area contributed by atoms with Gasteiger partial charge in [-0.15, -0.1) is 22.7 Å². The first-order chi connectivity index (χ1) is 33.7. The van der Waals surface area contributed by atoms with Crippen LogP contribution in [0.2, 0.25) is 0 Å². The molecule has 0 saturated carbocycles. The zero-order valence-corrected chi connectivity index (χ0v) is 38.2. The van der Waals surface area contributed by atoms with E-state index in [-0.39, 0.29) is 0 Å². The van der Waals surface area contributed by atoms with Gasteiger partial charge in [0.2, 0.25) is 0 Å². The lowest BCUT2D eigenvalue weighted by Crippen LogP contribution is -1.97. The highest BCUT2D eigenvalue weighted by Crippen LogP contribution is 2.44. The van der Waals surface area contributed by atoms with Gasteiger partial charge in [0.05, 0.1) is 11.4 Å². The summed E-state index contributed by atoms with van der Waals surface area (Å²) in [6, 6.07) is 81.5. The fourth-order valence-electron chi connectivity index (χ4n) is 9.58. The Balaban J connectivity index is 0.945. The fraction of sp³-hybridized carbons (Fsp3) is 0. The maximum atomic E-state index is 5.52. The summed E-state index contributed by atoms with van der Waals surface area (Å²) < 4.78 is 2.38. The number of hydrogen-bond donors (Lipinski definition) is 0. The molecule has 4 aromatic heterocycles. The molecule has 0 aliphatic carbocycles. The lowest BCUT2D eigenvalue weighted by atomic mass is 9.91. The van der Waals surface area contributed by atoms with Crippen molar-refractivity contribution in [2.75, 3.05) is 0 Å². The first-order valence-corrected chi connectivity index (χ1v) is 24.3. The minimum atomic E-state index is 0.692. The van der Waals surface area contributed by atoms with E-state index in [1.807, 2.05) is 0 Å². The first-order valence-electron chi connectivity index (χ1n) is 22.7. The third-order valence-corrected chi connectivity index (χ3v) is 14.9. The van der Waals surface area contributed by atoms with E-state index in [4.69, 9.17) is 19.9 Å². The number of rotatable bonds is 8. The highest BCUT2D eigenvalue weighted by Gasteiger charge is 2.22. The first kappa shape index (κ1) is 39.9. The van der Waals surface area contributed by atoms with Crippen molar-refractivity contribution in [1.29, 1.82) is 0 Å². The van der Waals surface area contributed by atoms with E-state index < -0.39 is 0 Å². The Hall–Kier alpha value is -8.42. The van der Waals surface area contributed by atoms with Gasteiger partial charge < -0.3 is 0 Å². The van der Waals surface area contributed by atoms with Crippen LogP contribution in [0.3, 0.4) is 0 Å². The van der Waals surface area contributed by atoms with Crippen molar-refractivity contribution < 1.29 is 0 Å². The van der Waals surface area contributed by atoms with Crippen LogP contribution in [0.4, 0.5) is 0 Å². The molecule has 318 valence electrons. The van der Waals surface area contributed by atoms with Crippen LogP contribution < -0.4 is 0 Å². The molecule has 0 amide bonds. The third-order valence-electron chi connectivity index (χ3n) is 12.8. The van der Waals surface area contributed by atoms with E-state index in [0.717, 1.165) is 87.5 Å². The van der Waals surface area contributed by atoms with Crippen molar-refractivity contribution in [3.63, 3.8) is 0 Å². The van der Waals surface area contributed by atoms with E-state index >= 15 is 0 Å². The molecule has 0 aliphatic heterocycles. The second kappa shape index (κ2) is 16.8. The van der Waals surface area contributed by atoms with Crippen LogP contribution in [0.1, 0.15) is 0 Å². The molecule has 13 aromatic rings. The minimum absolute atomic E-state index is 0.692. The summed E-state index contributed by atoms with van der Waals surface area (Å²) in [5.74, 6) is 1.38. The van der Waals surface area contributed by atoms with Gasteiger partial charge in [-0.05, 0) is 74.8 Å². The summed E-state index contributed by atoms with van der Waals surface area (Å²) >= 11 is 3.44. The Kier molecular flexibility index (Phi) is 9.85. The number of fused-ring (bicyclic) bond motifs is 6. The van der Waals surface area contributed by atoms with Gasteiger partial charge in [-0.3, -0.25) is 0 Å². The third kappa shape index (κ3) is 7.06. The van der Waals surface area contributed by atoms with Crippen LogP contribution in [0.5, 0.6) is 0 Å². The Morgan fingerprint density at radius 2 is 0.632 bits per heavy atom. The standard InChI is InChI=1S/C62H38N4S2/c1-3-18-39(19-4-1)41-22-15-25-44(36-41)57-55-51-32-11-13-34-53(51)67-61(55)65-59(63-57)46-27-17-24-43(38-46)47-28-7-8-29-48(47)49-30-9-10-31-50(49)60-64-58(56-52-33-12-14-35-54(52)68-62(56)66-60)45-26-16-23-42(37-45)40-20-5-2-6-21-40/h1-38H. The van der Waals surface area contributed by atoms with Gasteiger partial charge in [-0.1, -0.05) is 200 Å². The molecule has 0 N–H and O–H groups in total. The molecule has 4 heterocycles. The van der Waals surface area contributed by atoms with Crippen LogP contribution in [-0.2, 0) is 0 Å². The Morgan fingerprint density at radius 3 is 1.21 bits per heavy atom. The zero-order chi connectivity index (χ0) is 45.0. The molecule has 13 rings (SSSR count). The van der Waals surface area contributed by atoms with Crippen molar-refractivity contribution in [1.82, 2.24) is 19.9 Å². The smallest absolute Gasteiger partial charge is 0.162 e. The van der Waals surface area contributed by atoms with Crippen LogP contribution in [0.25, 0.3) is 130 Å². The lowest BCUT2D eigenvalue weighted by Gasteiger charge is -2.16. The summed E-state index contributed by atoms with van der Waals surface area (Å²) in [7, 11) is 0. The molecule has 9 aromatic carbocycles. The molecule has 0 atom stereocenters. The molecule has 6 heteroatoms. The summed E-state index contributed by atoms with van der Waals surface area (Å²) in [6.07, 6.45) is 0. The quantitative estimate of drug-likeness (QED) is 0.152. The van der Waals surface area contributed by atoms with Crippen LogP contribution >= 0.6 is 22.7 Å². The Labute approximate surface area is 401 Å². The maximum absolute atomic E-state index is 5.52. The highest BCUT2D eigenvalue weighted by molar-refractivity contribution is 7.26. The Bertz CT molecular complexity index is 4040. The maximum Gasteiger partial charge on any atom is 0.162 e. The van der Waals surface area contributed by atoms with E-state index in [1.54, 1.807) is 22.7 Å². The molecular formula is C62H38N4S2. The summed E-state index contributed by atoms with van der Waals surface area (Å²) in [6.45, 7) is 0. The molecule has 0 aliphatic rings. The predicted molar refractivity (Wildman–Crippen MR) is 287 cm³/mol. The molecule has 0 fully saturated rings. The van der Waals surface area contributed by atoms with Crippen molar-refractivity contribution in [3.8, 4) is 89.8 Å². The lowest BCUT2D eigenvalue weighted by molar-refractivity contribution is 1.24.